The lowest BCUT2D eigenvalue weighted by atomic mass is 10.2. The third-order valence-electron chi connectivity index (χ3n) is 2.82. The van der Waals surface area contributed by atoms with Gasteiger partial charge in [0, 0.05) is 0 Å². The molecule has 0 aliphatic rings. The van der Waals surface area contributed by atoms with Crippen molar-refractivity contribution in [3.63, 3.8) is 0 Å². The lowest BCUT2D eigenvalue weighted by Crippen LogP contribution is -2.04. The minimum atomic E-state index is 0.329. The number of furan rings is 1. The van der Waals surface area contributed by atoms with Crippen LogP contribution in [-0.4, -0.2) is 16.5 Å². The number of hydrogen-bond acceptors (Lipinski definition) is 4. The quantitative estimate of drug-likeness (QED) is 0.734. The summed E-state index contributed by atoms with van der Waals surface area (Å²) in [4.78, 5) is 9.04. The van der Waals surface area contributed by atoms with Gasteiger partial charge in [-0.3, -0.25) is 0 Å². The van der Waals surface area contributed by atoms with E-state index in [1.807, 2.05) is 0 Å². The third kappa shape index (κ3) is 2.66. The van der Waals surface area contributed by atoms with Crippen molar-refractivity contribution in [3.05, 3.63) is 40.6 Å². The maximum atomic E-state index is 6.02. The van der Waals surface area contributed by atoms with Gasteiger partial charge < -0.3 is 9.73 Å². The second-order valence-corrected chi connectivity index (χ2v) is 5.03. The van der Waals surface area contributed by atoms with E-state index >= 15 is 0 Å². The zero-order valence-electron chi connectivity index (χ0n) is 10.7. The molecule has 0 amide bonds. The second kappa shape index (κ2) is 5.65. The van der Waals surface area contributed by atoms with Crippen molar-refractivity contribution in [3.8, 4) is 23.8 Å². The van der Waals surface area contributed by atoms with Crippen molar-refractivity contribution < 1.29 is 4.42 Å². The molecule has 0 aliphatic carbocycles. The summed E-state index contributed by atoms with van der Waals surface area (Å²) in [7, 11) is 0. The van der Waals surface area contributed by atoms with Gasteiger partial charge in [-0.2, -0.15) is 0 Å². The van der Waals surface area contributed by atoms with Crippen molar-refractivity contribution in [1.29, 1.82) is 0 Å². The van der Waals surface area contributed by atoms with Crippen LogP contribution in [-0.2, 0) is 0 Å². The zero-order valence-corrected chi connectivity index (χ0v) is 12.2. The first-order chi connectivity index (χ1) is 10.2. The molecule has 0 fully saturated rings. The van der Waals surface area contributed by atoms with Gasteiger partial charge in [-0.1, -0.05) is 29.1 Å². The van der Waals surface area contributed by atoms with E-state index in [1.54, 1.807) is 30.5 Å². The summed E-state index contributed by atoms with van der Waals surface area (Å²) in [5, 5.41) is 3.88. The topological polar surface area (TPSA) is 51.0 Å². The number of rotatable bonds is 3. The average molecular weight is 318 g/mol. The number of nitrogens with zero attached hydrogens (tertiary/aromatic N) is 2. The highest BCUT2D eigenvalue weighted by Crippen LogP contribution is 2.31. The van der Waals surface area contributed by atoms with Crippen LogP contribution in [0.1, 0.15) is 0 Å². The Labute approximate surface area is 131 Å². The highest BCUT2D eigenvalue weighted by atomic mass is 35.5. The number of terminal acetylenes is 1. The predicted octanol–water partition coefficient (Wildman–Crippen LogP) is 4.24. The van der Waals surface area contributed by atoms with E-state index in [0.717, 1.165) is 0 Å². The molecule has 0 radical (unpaired) electrons. The van der Waals surface area contributed by atoms with E-state index in [2.05, 4.69) is 21.2 Å². The summed E-state index contributed by atoms with van der Waals surface area (Å²) in [6.07, 6.45) is 6.85. The van der Waals surface area contributed by atoms with Crippen molar-refractivity contribution in [2.45, 2.75) is 0 Å². The molecular weight excluding hydrogens is 309 g/mol. The molecule has 3 rings (SSSR count). The zero-order chi connectivity index (χ0) is 14.8. The van der Waals surface area contributed by atoms with Crippen LogP contribution in [0.4, 0.5) is 5.82 Å². The van der Waals surface area contributed by atoms with Crippen LogP contribution in [0.3, 0.4) is 0 Å². The van der Waals surface area contributed by atoms with Gasteiger partial charge in [-0.15, -0.1) is 6.42 Å². The van der Waals surface area contributed by atoms with E-state index in [0.29, 0.717) is 44.9 Å². The minimum Gasteiger partial charge on any atom is -0.463 e. The molecule has 4 nitrogen and oxygen atoms in total. The molecule has 3 aromatic rings. The summed E-state index contributed by atoms with van der Waals surface area (Å²) < 4.78 is 5.39. The second-order valence-electron chi connectivity index (χ2n) is 4.21. The third-order valence-corrected chi connectivity index (χ3v) is 3.54. The molecule has 21 heavy (non-hydrogen) atoms. The minimum absolute atomic E-state index is 0.329. The fourth-order valence-electron chi connectivity index (χ4n) is 1.89. The lowest BCUT2D eigenvalue weighted by molar-refractivity contribution is 0.580. The SMILES string of the molecule is C#CCNc1nc2cc(Cl)c(Cl)cc2nc1-c1ccco1. The molecule has 104 valence electrons. The first kappa shape index (κ1) is 13.7. The van der Waals surface area contributed by atoms with E-state index in [-0.39, 0.29) is 0 Å². The summed E-state index contributed by atoms with van der Waals surface area (Å²) in [6, 6.07) is 6.91. The summed E-state index contributed by atoms with van der Waals surface area (Å²) >= 11 is 12.0. The van der Waals surface area contributed by atoms with Gasteiger partial charge in [-0.25, -0.2) is 9.97 Å². The van der Waals surface area contributed by atoms with E-state index in [4.69, 9.17) is 34.0 Å². The molecule has 0 bridgehead atoms. The summed E-state index contributed by atoms with van der Waals surface area (Å²) in [5.41, 5.74) is 1.82. The highest BCUT2D eigenvalue weighted by molar-refractivity contribution is 6.42. The fraction of sp³-hybridized carbons (Fsp3) is 0.0667. The summed E-state index contributed by atoms with van der Waals surface area (Å²) in [6.45, 7) is 0.329. The Morgan fingerprint density at radius 3 is 2.52 bits per heavy atom. The fourth-order valence-corrected chi connectivity index (χ4v) is 2.21. The van der Waals surface area contributed by atoms with Gasteiger partial charge in [0.25, 0.3) is 0 Å². The molecule has 0 saturated carbocycles. The lowest BCUT2D eigenvalue weighted by Gasteiger charge is -2.09. The number of fused-ring (bicyclic) bond motifs is 1. The molecule has 1 N–H and O–H groups in total. The number of nitrogens with one attached hydrogen (secondary N) is 1. The van der Waals surface area contributed by atoms with Gasteiger partial charge in [0.1, 0.15) is 5.69 Å². The van der Waals surface area contributed by atoms with Crippen LogP contribution in [0.25, 0.3) is 22.5 Å². The smallest absolute Gasteiger partial charge is 0.157 e. The first-order valence-corrected chi connectivity index (χ1v) is 6.82. The Kier molecular flexibility index (Phi) is 3.70. The van der Waals surface area contributed by atoms with Crippen LogP contribution >= 0.6 is 23.2 Å². The maximum Gasteiger partial charge on any atom is 0.157 e. The van der Waals surface area contributed by atoms with Gasteiger partial charge in [-0.05, 0) is 24.3 Å². The molecule has 6 heteroatoms. The maximum absolute atomic E-state index is 6.02. The Morgan fingerprint density at radius 1 is 1.19 bits per heavy atom. The van der Waals surface area contributed by atoms with E-state index in [1.165, 1.54) is 0 Å². The first-order valence-electron chi connectivity index (χ1n) is 6.07. The number of benzene rings is 1. The van der Waals surface area contributed by atoms with Crippen molar-refractivity contribution in [2.24, 2.45) is 0 Å². The average Bonchev–Trinajstić information content (AvgIpc) is 3.00. The van der Waals surface area contributed by atoms with Crippen LogP contribution in [0, 0.1) is 12.3 Å². The monoisotopic (exact) mass is 317 g/mol. The van der Waals surface area contributed by atoms with Gasteiger partial charge in [0.15, 0.2) is 11.6 Å². The molecule has 0 atom stereocenters. The van der Waals surface area contributed by atoms with Gasteiger partial charge >= 0.3 is 0 Å². The molecule has 0 unspecified atom stereocenters. The Balaban J connectivity index is 2.23. The molecule has 0 spiro atoms. The number of hydrogen-bond donors (Lipinski definition) is 1. The highest BCUT2D eigenvalue weighted by Gasteiger charge is 2.14. The standard InChI is InChI=1S/C15H9Cl2N3O/c1-2-5-18-15-14(13-4-3-6-21-13)19-11-7-9(16)10(17)8-12(11)20-15/h1,3-4,6-8H,5H2,(H,18,20). The Bertz CT molecular complexity index is 838. The number of anilines is 1. The Hall–Kier alpha value is -2.22. The predicted molar refractivity (Wildman–Crippen MR) is 84.6 cm³/mol. The van der Waals surface area contributed by atoms with Crippen molar-refractivity contribution >= 4 is 40.1 Å². The molecule has 1 aromatic carbocycles. The molecule has 2 aromatic heterocycles. The van der Waals surface area contributed by atoms with Crippen LogP contribution in [0.5, 0.6) is 0 Å². The molecule has 0 saturated heterocycles. The molecule has 0 aliphatic heterocycles. The normalized spacial score (nSPS) is 10.5. The number of aromatic nitrogens is 2. The molecular formula is C15H9Cl2N3O. The van der Waals surface area contributed by atoms with Gasteiger partial charge in [0.2, 0.25) is 0 Å². The van der Waals surface area contributed by atoms with Crippen molar-refractivity contribution in [2.75, 3.05) is 11.9 Å². The Morgan fingerprint density at radius 2 is 1.90 bits per heavy atom. The van der Waals surface area contributed by atoms with Crippen LogP contribution < -0.4 is 5.32 Å². The van der Waals surface area contributed by atoms with E-state index < -0.39 is 0 Å². The van der Waals surface area contributed by atoms with Crippen LogP contribution in [0.15, 0.2) is 34.9 Å². The number of halogens is 2. The largest absolute Gasteiger partial charge is 0.463 e. The van der Waals surface area contributed by atoms with Crippen molar-refractivity contribution in [1.82, 2.24) is 9.97 Å². The van der Waals surface area contributed by atoms with Gasteiger partial charge in [0.05, 0.1) is 33.9 Å². The van der Waals surface area contributed by atoms with Crippen LogP contribution in [0.2, 0.25) is 10.0 Å². The molecule has 2 heterocycles. The van der Waals surface area contributed by atoms with E-state index in [9.17, 15) is 0 Å². The summed E-state index contributed by atoms with van der Waals surface area (Å²) in [5.74, 6) is 3.63.